The minimum absolute atomic E-state index is 0.0371. The Labute approximate surface area is 91.4 Å². The van der Waals surface area contributed by atoms with Gasteiger partial charge in [-0.2, -0.15) is 0 Å². The fraction of sp³-hybridized carbons (Fsp3) is 1.00. The summed E-state index contributed by atoms with van der Waals surface area (Å²) in [6.07, 6.45) is 2.52. The first-order valence-electron chi connectivity index (χ1n) is 5.40. The van der Waals surface area contributed by atoms with E-state index < -0.39 is 15.3 Å². The minimum atomic E-state index is -3.26. The second-order valence-electron chi connectivity index (χ2n) is 3.79. The van der Waals surface area contributed by atoms with E-state index in [2.05, 4.69) is 4.72 Å². The Bertz CT molecular complexity index is 269. The molecule has 0 saturated carbocycles. The Hall–Kier alpha value is -0.170. The van der Waals surface area contributed by atoms with Gasteiger partial charge in [-0.15, -0.1) is 0 Å². The maximum absolute atomic E-state index is 11.7. The predicted molar refractivity (Wildman–Crippen MR) is 59.0 cm³/mol. The predicted octanol–water partition coefficient (Wildman–Crippen LogP) is -0.178. The quantitative estimate of drug-likeness (QED) is 0.670. The number of hydrogen-bond acceptors (Lipinski definition) is 4. The van der Waals surface area contributed by atoms with Crippen LogP contribution in [-0.2, 0) is 14.8 Å². The largest absolute Gasteiger partial charge is 0.377 e. The fourth-order valence-electron chi connectivity index (χ4n) is 1.65. The molecule has 0 bridgehead atoms. The van der Waals surface area contributed by atoms with Gasteiger partial charge in [0.2, 0.25) is 10.0 Å². The summed E-state index contributed by atoms with van der Waals surface area (Å²) in [5, 5.41) is -0.487. The first kappa shape index (κ1) is 12.9. The molecule has 2 atom stereocenters. The van der Waals surface area contributed by atoms with Crippen molar-refractivity contribution in [2.24, 2.45) is 5.73 Å². The van der Waals surface area contributed by atoms with Crippen molar-refractivity contribution in [2.45, 2.75) is 37.5 Å². The van der Waals surface area contributed by atoms with Crippen molar-refractivity contribution in [1.29, 1.82) is 0 Å². The zero-order valence-corrected chi connectivity index (χ0v) is 9.92. The molecule has 0 aromatic heterocycles. The Morgan fingerprint density at radius 3 is 2.80 bits per heavy atom. The van der Waals surface area contributed by atoms with Crippen LogP contribution in [0.25, 0.3) is 0 Å². The van der Waals surface area contributed by atoms with E-state index in [0.717, 1.165) is 19.4 Å². The van der Waals surface area contributed by atoms with Crippen molar-refractivity contribution in [3.63, 3.8) is 0 Å². The van der Waals surface area contributed by atoms with Gasteiger partial charge in [-0.05, 0) is 19.3 Å². The van der Waals surface area contributed by atoms with Gasteiger partial charge in [0, 0.05) is 19.7 Å². The summed E-state index contributed by atoms with van der Waals surface area (Å²) in [6, 6.07) is 0. The maximum atomic E-state index is 11.7. The summed E-state index contributed by atoms with van der Waals surface area (Å²) in [5.74, 6) is 0. The van der Waals surface area contributed by atoms with E-state index in [1.54, 1.807) is 0 Å². The average molecular weight is 236 g/mol. The van der Waals surface area contributed by atoms with E-state index in [-0.39, 0.29) is 12.6 Å². The number of nitrogens with one attached hydrogen (secondary N) is 1. The molecule has 0 radical (unpaired) electrons. The van der Waals surface area contributed by atoms with Crippen molar-refractivity contribution >= 4 is 10.0 Å². The van der Waals surface area contributed by atoms with Crippen molar-refractivity contribution in [3.05, 3.63) is 0 Å². The van der Waals surface area contributed by atoms with Gasteiger partial charge < -0.3 is 10.5 Å². The zero-order valence-electron chi connectivity index (χ0n) is 9.11. The van der Waals surface area contributed by atoms with Crippen LogP contribution >= 0.6 is 0 Å². The molecule has 1 rings (SSSR count). The smallest absolute Gasteiger partial charge is 0.215 e. The minimum Gasteiger partial charge on any atom is -0.377 e. The third-order valence-corrected chi connectivity index (χ3v) is 4.67. The molecule has 15 heavy (non-hydrogen) atoms. The molecule has 0 aliphatic carbocycles. The zero-order chi connectivity index (χ0) is 11.3. The summed E-state index contributed by atoms with van der Waals surface area (Å²) in [5.41, 5.74) is 5.40. The molecule has 1 aliphatic heterocycles. The van der Waals surface area contributed by atoms with Gasteiger partial charge in [-0.3, -0.25) is 0 Å². The van der Waals surface area contributed by atoms with Crippen LogP contribution in [-0.4, -0.2) is 39.5 Å². The average Bonchev–Trinajstić information content (AvgIpc) is 2.69. The van der Waals surface area contributed by atoms with E-state index in [4.69, 9.17) is 10.5 Å². The van der Waals surface area contributed by atoms with Crippen LogP contribution in [0.2, 0.25) is 0 Å². The molecule has 1 fully saturated rings. The monoisotopic (exact) mass is 236 g/mol. The second kappa shape index (κ2) is 5.79. The highest BCUT2D eigenvalue weighted by Crippen LogP contribution is 2.11. The Kier molecular flexibility index (Phi) is 4.98. The number of sulfonamides is 1. The van der Waals surface area contributed by atoms with Gasteiger partial charge in [0.15, 0.2) is 0 Å². The molecule has 3 N–H and O–H groups in total. The molecular weight excluding hydrogens is 216 g/mol. The molecule has 6 heteroatoms. The van der Waals surface area contributed by atoms with Gasteiger partial charge in [0.05, 0.1) is 11.4 Å². The van der Waals surface area contributed by atoms with Gasteiger partial charge in [0.25, 0.3) is 0 Å². The Morgan fingerprint density at radius 1 is 1.60 bits per heavy atom. The van der Waals surface area contributed by atoms with Crippen LogP contribution in [0.3, 0.4) is 0 Å². The Balaban J connectivity index is 2.41. The van der Waals surface area contributed by atoms with Crippen LogP contribution in [0.1, 0.15) is 26.2 Å². The summed E-state index contributed by atoms with van der Waals surface area (Å²) in [6.45, 7) is 3.10. The van der Waals surface area contributed by atoms with E-state index in [1.165, 1.54) is 0 Å². The van der Waals surface area contributed by atoms with Crippen LogP contribution in [0.5, 0.6) is 0 Å². The molecule has 0 aromatic rings. The standard InChI is InChI=1S/C9H20N2O3S/c1-2-9(6-10)15(12,13)11-7-8-4-3-5-14-8/h8-9,11H,2-7,10H2,1H3. The first-order chi connectivity index (χ1) is 7.10. The van der Waals surface area contributed by atoms with Crippen molar-refractivity contribution in [1.82, 2.24) is 4.72 Å². The normalized spacial score (nSPS) is 24.3. The molecular formula is C9H20N2O3S. The van der Waals surface area contributed by atoms with E-state index in [1.807, 2.05) is 6.92 Å². The highest BCUT2D eigenvalue weighted by Gasteiger charge is 2.24. The first-order valence-corrected chi connectivity index (χ1v) is 6.95. The van der Waals surface area contributed by atoms with Crippen LogP contribution in [0, 0.1) is 0 Å². The van der Waals surface area contributed by atoms with Gasteiger partial charge in [-0.1, -0.05) is 6.92 Å². The topological polar surface area (TPSA) is 81.4 Å². The number of ether oxygens (including phenoxy) is 1. The SMILES string of the molecule is CCC(CN)S(=O)(=O)NCC1CCCO1. The maximum Gasteiger partial charge on any atom is 0.215 e. The second-order valence-corrected chi connectivity index (χ2v) is 5.84. The van der Waals surface area contributed by atoms with Crippen molar-refractivity contribution in [3.8, 4) is 0 Å². The summed E-state index contributed by atoms with van der Waals surface area (Å²) < 4.78 is 31.3. The number of hydrogen-bond donors (Lipinski definition) is 2. The molecule has 5 nitrogen and oxygen atoms in total. The molecule has 0 spiro atoms. The van der Waals surface area contributed by atoms with Gasteiger partial charge >= 0.3 is 0 Å². The molecule has 0 amide bonds. The molecule has 90 valence electrons. The lowest BCUT2D eigenvalue weighted by atomic mass is 10.2. The Morgan fingerprint density at radius 2 is 2.33 bits per heavy atom. The lowest BCUT2D eigenvalue weighted by Crippen LogP contribution is -2.41. The van der Waals surface area contributed by atoms with Crippen LogP contribution < -0.4 is 10.5 Å². The van der Waals surface area contributed by atoms with E-state index in [9.17, 15) is 8.42 Å². The number of rotatable bonds is 6. The fourth-order valence-corrected chi connectivity index (χ4v) is 2.99. The summed E-state index contributed by atoms with van der Waals surface area (Å²) in [4.78, 5) is 0. The molecule has 1 saturated heterocycles. The van der Waals surface area contributed by atoms with Crippen molar-refractivity contribution in [2.75, 3.05) is 19.7 Å². The summed E-state index contributed by atoms with van der Waals surface area (Å²) >= 11 is 0. The lowest BCUT2D eigenvalue weighted by Gasteiger charge is -2.16. The molecule has 2 unspecified atom stereocenters. The molecule has 1 aliphatic rings. The van der Waals surface area contributed by atoms with Crippen molar-refractivity contribution < 1.29 is 13.2 Å². The molecule has 1 heterocycles. The van der Waals surface area contributed by atoms with Gasteiger partial charge in [-0.25, -0.2) is 13.1 Å². The number of nitrogens with two attached hydrogens (primary N) is 1. The summed E-state index contributed by atoms with van der Waals surface area (Å²) in [7, 11) is -3.26. The highest BCUT2D eigenvalue weighted by atomic mass is 32.2. The lowest BCUT2D eigenvalue weighted by molar-refractivity contribution is 0.114. The third kappa shape index (κ3) is 3.71. The van der Waals surface area contributed by atoms with Gasteiger partial charge in [0.1, 0.15) is 0 Å². The highest BCUT2D eigenvalue weighted by molar-refractivity contribution is 7.90. The van der Waals surface area contributed by atoms with Crippen LogP contribution in [0.15, 0.2) is 0 Å². The van der Waals surface area contributed by atoms with Crippen LogP contribution in [0.4, 0.5) is 0 Å². The third-order valence-electron chi connectivity index (χ3n) is 2.69. The van der Waals surface area contributed by atoms with E-state index in [0.29, 0.717) is 13.0 Å². The molecule has 0 aromatic carbocycles. The van der Waals surface area contributed by atoms with E-state index >= 15 is 0 Å².